The van der Waals surface area contributed by atoms with Crippen LogP contribution >= 0.6 is 0 Å². The van der Waals surface area contributed by atoms with E-state index in [-0.39, 0.29) is 6.03 Å². The Morgan fingerprint density at radius 2 is 2.26 bits per heavy atom. The van der Waals surface area contributed by atoms with Crippen molar-refractivity contribution < 1.29 is 9.53 Å². The maximum atomic E-state index is 12.5. The molecule has 2 aromatic rings. The molecule has 0 fully saturated rings. The first-order chi connectivity index (χ1) is 11.2. The molecule has 0 unspecified atom stereocenters. The van der Waals surface area contributed by atoms with E-state index in [9.17, 15) is 4.79 Å². The molecule has 6 heteroatoms. The third kappa shape index (κ3) is 3.53. The average Bonchev–Trinajstić information content (AvgIpc) is 2.95. The first-order valence-electron chi connectivity index (χ1n) is 7.90. The number of aromatic nitrogens is 2. The first kappa shape index (κ1) is 15.6. The molecule has 23 heavy (non-hydrogen) atoms. The van der Waals surface area contributed by atoms with Gasteiger partial charge in [-0.05, 0) is 31.5 Å². The van der Waals surface area contributed by atoms with E-state index in [0.717, 1.165) is 29.2 Å². The second-order valence-electron chi connectivity index (χ2n) is 5.69. The predicted molar refractivity (Wildman–Crippen MR) is 88.2 cm³/mol. The van der Waals surface area contributed by atoms with Gasteiger partial charge in [0.25, 0.3) is 0 Å². The number of amides is 2. The summed E-state index contributed by atoms with van der Waals surface area (Å²) in [6.45, 7) is 7.11. The van der Waals surface area contributed by atoms with Crippen LogP contribution in [0.5, 0.6) is 0 Å². The van der Waals surface area contributed by atoms with Crippen LogP contribution in [-0.2, 0) is 24.4 Å². The van der Waals surface area contributed by atoms with Crippen molar-refractivity contribution in [3.63, 3.8) is 0 Å². The zero-order valence-corrected chi connectivity index (χ0v) is 13.6. The molecule has 2 heterocycles. The molecule has 0 radical (unpaired) electrons. The quantitative estimate of drug-likeness (QED) is 0.944. The lowest BCUT2D eigenvalue weighted by Gasteiger charge is -2.29. The highest BCUT2D eigenvalue weighted by atomic mass is 16.5. The van der Waals surface area contributed by atoms with Crippen LogP contribution in [0.25, 0.3) is 0 Å². The van der Waals surface area contributed by atoms with E-state index in [2.05, 4.69) is 14.9 Å². The summed E-state index contributed by atoms with van der Waals surface area (Å²) in [6.07, 6.45) is 1.83. The smallest absolute Gasteiger partial charge is 0.322 e. The van der Waals surface area contributed by atoms with Gasteiger partial charge in [-0.3, -0.25) is 0 Å². The summed E-state index contributed by atoms with van der Waals surface area (Å²) in [5.41, 5.74) is 3.92. The number of nitrogens with zero attached hydrogens (tertiary/aromatic N) is 3. The van der Waals surface area contributed by atoms with Gasteiger partial charge in [0.15, 0.2) is 0 Å². The summed E-state index contributed by atoms with van der Waals surface area (Å²) in [5.74, 6) is 0. The fourth-order valence-corrected chi connectivity index (χ4v) is 2.73. The van der Waals surface area contributed by atoms with Crippen LogP contribution in [0, 0.1) is 6.92 Å². The van der Waals surface area contributed by atoms with Gasteiger partial charge in [-0.2, -0.15) is 0 Å². The molecule has 0 saturated heterocycles. The van der Waals surface area contributed by atoms with Gasteiger partial charge in [0.05, 0.1) is 30.9 Å². The second kappa shape index (κ2) is 6.83. The van der Waals surface area contributed by atoms with Gasteiger partial charge >= 0.3 is 6.03 Å². The molecule has 2 amide bonds. The minimum Gasteiger partial charge on any atom is -0.375 e. The number of nitrogens with one attached hydrogen (secondary N) is 1. The van der Waals surface area contributed by atoms with Crippen LogP contribution in [0.2, 0.25) is 0 Å². The lowest BCUT2D eigenvalue weighted by molar-refractivity contribution is 0.129. The summed E-state index contributed by atoms with van der Waals surface area (Å²) in [6, 6.07) is 7.74. The van der Waals surface area contributed by atoms with Crippen LogP contribution in [0.15, 0.2) is 30.6 Å². The molecule has 1 aromatic heterocycles. The van der Waals surface area contributed by atoms with Crippen LogP contribution in [0.3, 0.4) is 0 Å². The third-order valence-corrected chi connectivity index (χ3v) is 3.98. The van der Waals surface area contributed by atoms with Crippen LogP contribution in [-0.4, -0.2) is 33.6 Å². The Hall–Kier alpha value is -2.34. The maximum absolute atomic E-state index is 12.5. The number of hydrogen-bond acceptors (Lipinski definition) is 3. The van der Waals surface area contributed by atoms with Crippen molar-refractivity contribution >= 4 is 11.7 Å². The Balaban J connectivity index is 1.68. The number of imidazole rings is 1. The van der Waals surface area contributed by atoms with Crippen molar-refractivity contribution in [2.75, 3.05) is 18.5 Å². The summed E-state index contributed by atoms with van der Waals surface area (Å²) >= 11 is 0. The Labute approximate surface area is 136 Å². The van der Waals surface area contributed by atoms with Gasteiger partial charge in [-0.25, -0.2) is 9.78 Å². The fraction of sp³-hybridized carbons (Fsp3) is 0.412. The number of urea groups is 1. The van der Waals surface area contributed by atoms with Gasteiger partial charge in [-0.1, -0.05) is 12.1 Å². The van der Waals surface area contributed by atoms with Gasteiger partial charge < -0.3 is 19.5 Å². The largest absolute Gasteiger partial charge is 0.375 e. The molecule has 0 saturated carbocycles. The van der Waals surface area contributed by atoms with Crippen molar-refractivity contribution in [1.82, 2.24) is 14.5 Å². The van der Waals surface area contributed by atoms with Gasteiger partial charge in [0.2, 0.25) is 0 Å². The summed E-state index contributed by atoms with van der Waals surface area (Å²) in [5, 5.41) is 2.96. The fourth-order valence-electron chi connectivity index (χ4n) is 2.73. The van der Waals surface area contributed by atoms with Gasteiger partial charge in [0.1, 0.15) is 0 Å². The highest BCUT2D eigenvalue weighted by molar-refractivity contribution is 5.89. The van der Waals surface area contributed by atoms with E-state index < -0.39 is 0 Å². The third-order valence-electron chi connectivity index (χ3n) is 3.98. The number of anilines is 1. The van der Waals surface area contributed by atoms with Crippen LogP contribution in [0.1, 0.15) is 23.9 Å². The standard InChI is InChI=1S/C17H22N4O2/c1-3-23-11-15-16-10-20(7-8-21(16)12-18-15)17(22)19-14-6-4-5-13(2)9-14/h4-6,9,12H,3,7-8,10-11H2,1-2H3,(H,19,22). The van der Waals surface area contributed by atoms with Crippen molar-refractivity contribution in [1.29, 1.82) is 0 Å². The van der Waals surface area contributed by atoms with E-state index in [1.807, 2.05) is 49.3 Å². The topological polar surface area (TPSA) is 59.4 Å². The molecule has 1 aliphatic rings. The zero-order valence-electron chi connectivity index (χ0n) is 13.6. The van der Waals surface area contributed by atoms with Gasteiger partial charge in [0, 0.05) is 25.4 Å². The Kier molecular flexibility index (Phi) is 4.62. The molecule has 3 rings (SSSR count). The Morgan fingerprint density at radius 3 is 3.04 bits per heavy atom. The maximum Gasteiger partial charge on any atom is 0.322 e. The highest BCUT2D eigenvalue weighted by Gasteiger charge is 2.23. The molecule has 0 atom stereocenters. The number of aryl methyl sites for hydroxylation is 1. The lowest BCUT2D eigenvalue weighted by Crippen LogP contribution is -2.40. The number of carbonyl (C=O) groups is 1. The molecule has 0 bridgehead atoms. The molecular formula is C17H22N4O2. The average molecular weight is 314 g/mol. The summed E-state index contributed by atoms with van der Waals surface area (Å²) < 4.78 is 7.56. The predicted octanol–water partition coefficient (Wildman–Crippen LogP) is 2.78. The number of ether oxygens (including phenoxy) is 1. The minimum absolute atomic E-state index is 0.0783. The molecule has 0 aliphatic carbocycles. The molecule has 6 nitrogen and oxygen atoms in total. The van der Waals surface area contributed by atoms with E-state index in [0.29, 0.717) is 26.3 Å². The first-order valence-corrected chi connectivity index (χ1v) is 7.90. The van der Waals surface area contributed by atoms with Crippen LogP contribution in [0.4, 0.5) is 10.5 Å². The minimum atomic E-state index is -0.0783. The number of hydrogen-bond donors (Lipinski definition) is 1. The summed E-state index contributed by atoms with van der Waals surface area (Å²) in [7, 11) is 0. The molecule has 1 aliphatic heterocycles. The summed E-state index contributed by atoms with van der Waals surface area (Å²) in [4.78, 5) is 18.7. The molecule has 1 N–H and O–H groups in total. The Morgan fingerprint density at radius 1 is 1.39 bits per heavy atom. The normalized spacial score (nSPS) is 13.7. The van der Waals surface area contributed by atoms with E-state index in [1.54, 1.807) is 0 Å². The molecule has 0 spiro atoms. The monoisotopic (exact) mass is 314 g/mol. The van der Waals surface area contributed by atoms with Crippen molar-refractivity contribution in [2.45, 2.75) is 33.5 Å². The molecule has 122 valence electrons. The Bertz CT molecular complexity index is 696. The molecular weight excluding hydrogens is 292 g/mol. The van der Waals surface area contributed by atoms with Crippen molar-refractivity contribution in [3.05, 3.63) is 47.5 Å². The second-order valence-corrected chi connectivity index (χ2v) is 5.69. The number of carbonyl (C=O) groups excluding carboxylic acids is 1. The number of benzene rings is 1. The van der Waals surface area contributed by atoms with Gasteiger partial charge in [-0.15, -0.1) is 0 Å². The zero-order chi connectivity index (χ0) is 16.2. The van der Waals surface area contributed by atoms with Crippen molar-refractivity contribution in [2.24, 2.45) is 0 Å². The van der Waals surface area contributed by atoms with Crippen molar-refractivity contribution in [3.8, 4) is 0 Å². The molecule has 1 aromatic carbocycles. The van der Waals surface area contributed by atoms with E-state index in [4.69, 9.17) is 4.74 Å². The van der Waals surface area contributed by atoms with Crippen LogP contribution < -0.4 is 5.32 Å². The number of rotatable bonds is 4. The van der Waals surface area contributed by atoms with E-state index >= 15 is 0 Å². The highest BCUT2D eigenvalue weighted by Crippen LogP contribution is 2.18. The SMILES string of the molecule is CCOCc1ncn2c1CN(C(=O)Nc1cccc(C)c1)CC2. The lowest BCUT2D eigenvalue weighted by atomic mass is 10.2. The number of fused-ring (bicyclic) bond motifs is 1. The van der Waals surface area contributed by atoms with E-state index in [1.165, 1.54) is 0 Å².